The van der Waals surface area contributed by atoms with Crippen LogP contribution in [0, 0.1) is 11.8 Å². The number of unbranched alkanes of at least 4 members (excludes halogenated alkanes) is 8. The third-order valence-corrected chi connectivity index (χ3v) is 5.46. The Balaban J connectivity index is 2.05. The predicted molar refractivity (Wildman–Crippen MR) is 105 cm³/mol. The first kappa shape index (κ1) is 22.5. The van der Waals surface area contributed by atoms with Gasteiger partial charge in [0.05, 0.1) is 12.0 Å². The van der Waals surface area contributed by atoms with Crippen molar-refractivity contribution >= 4 is 5.97 Å². The fourth-order valence-electron chi connectivity index (χ4n) is 3.73. The van der Waals surface area contributed by atoms with E-state index in [9.17, 15) is 9.90 Å². The van der Waals surface area contributed by atoms with Gasteiger partial charge in [0.15, 0.2) is 0 Å². The number of ether oxygens (including phenoxy) is 1. The topological polar surface area (TPSA) is 46.5 Å². The summed E-state index contributed by atoms with van der Waals surface area (Å²) in [5.41, 5.74) is 0. The third kappa shape index (κ3) is 10.2. The molecule has 1 N–H and O–H groups in total. The van der Waals surface area contributed by atoms with Gasteiger partial charge in [-0.25, -0.2) is 0 Å². The molecule has 3 nitrogen and oxygen atoms in total. The summed E-state index contributed by atoms with van der Waals surface area (Å²) in [6, 6.07) is 0. The highest BCUT2D eigenvalue weighted by atomic mass is 16.6. The van der Waals surface area contributed by atoms with E-state index in [1.807, 2.05) is 0 Å². The molecule has 25 heavy (non-hydrogen) atoms. The van der Waals surface area contributed by atoms with Crippen LogP contribution in [-0.4, -0.2) is 23.3 Å². The smallest absolute Gasteiger partial charge is 0.313 e. The van der Waals surface area contributed by atoms with Crippen molar-refractivity contribution in [2.45, 2.75) is 123 Å². The van der Waals surface area contributed by atoms with Crippen LogP contribution in [0.3, 0.4) is 0 Å². The van der Waals surface area contributed by atoms with E-state index in [1.165, 1.54) is 57.8 Å². The van der Waals surface area contributed by atoms with Crippen LogP contribution in [0.2, 0.25) is 0 Å². The lowest BCUT2D eigenvalue weighted by molar-refractivity contribution is -0.188. The highest BCUT2D eigenvalue weighted by Crippen LogP contribution is 2.31. The Kier molecular flexibility index (Phi) is 12.2. The molecule has 0 unspecified atom stereocenters. The molecule has 1 fully saturated rings. The molecule has 0 bridgehead atoms. The standard InChI is InChI=1S/C22H42O3/c1-4-5-6-8-12-15-19(23)17-21-20(22(24)25-21)16-13-10-7-9-11-14-18(2)3/h18-21,23H,4-17H2,1-3H3/t19-,20-,21-/m0/s1. The van der Waals surface area contributed by atoms with Gasteiger partial charge < -0.3 is 9.84 Å². The average Bonchev–Trinajstić information content (AvgIpc) is 2.56. The highest BCUT2D eigenvalue weighted by Gasteiger charge is 2.42. The molecular weight excluding hydrogens is 312 g/mol. The van der Waals surface area contributed by atoms with Crippen LogP contribution < -0.4 is 0 Å². The predicted octanol–water partition coefficient (Wildman–Crippen LogP) is 6.03. The quantitative estimate of drug-likeness (QED) is 0.272. The van der Waals surface area contributed by atoms with E-state index in [0.29, 0.717) is 6.42 Å². The van der Waals surface area contributed by atoms with Crippen LogP contribution in [0.15, 0.2) is 0 Å². The molecule has 1 saturated heterocycles. The fourth-order valence-corrected chi connectivity index (χ4v) is 3.73. The summed E-state index contributed by atoms with van der Waals surface area (Å²) in [4.78, 5) is 11.7. The summed E-state index contributed by atoms with van der Waals surface area (Å²) in [6.07, 6.45) is 15.8. The summed E-state index contributed by atoms with van der Waals surface area (Å²) in [6.45, 7) is 6.77. The first-order chi connectivity index (χ1) is 12.0. The molecule has 148 valence electrons. The minimum absolute atomic E-state index is 0.0286. The normalized spacial score (nSPS) is 21.2. The van der Waals surface area contributed by atoms with Crippen LogP contribution in [0.1, 0.15) is 111 Å². The number of carbonyl (C=O) groups excluding carboxylic acids is 1. The minimum Gasteiger partial charge on any atom is -0.461 e. The molecule has 0 amide bonds. The summed E-state index contributed by atoms with van der Waals surface area (Å²) in [5, 5.41) is 10.2. The summed E-state index contributed by atoms with van der Waals surface area (Å²) in [5.74, 6) is 0.814. The molecular formula is C22H42O3. The van der Waals surface area contributed by atoms with Gasteiger partial charge in [0.25, 0.3) is 0 Å². The van der Waals surface area contributed by atoms with Crippen molar-refractivity contribution in [3.8, 4) is 0 Å². The van der Waals surface area contributed by atoms with E-state index < -0.39 is 0 Å². The minimum atomic E-state index is -0.307. The highest BCUT2D eigenvalue weighted by molar-refractivity contribution is 5.78. The van der Waals surface area contributed by atoms with Crippen molar-refractivity contribution in [2.24, 2.45) is 11.8 Å². The van der Waals surface area contributed by atoms with Gasteiger partial charge in [0, 0.05) is 6.42 Å². The van der Waals surface area contributed by atoms with Gasteiger partial charge in [-0.2, -0.15) is 0 Å². The lowest BCUT2D eigenvalue weighted by Crippen LogP contribution is -2.46. The molecule has 1 aliphatic rings. The van der Waals surface area contributed by atoms with Crippen molar-refractivity contribution in [1.29, 1.82) is 0 Å². The van der Waals surface area contributed by atoms with Gasteiger partial charge in [-0.3, -0.25) is 4.79 Å². The van der Waals surface area contributed by atoms with Gasteiger partial charge in [0.2, 0.25) is 0 Å². The van der Waals surface area contributed by atoms with E-state index in [2.05, 4.69) is 20.8 Å². The maximum absolute atomic E-state index is 11.7. The number of hydrogen-bond donors (Lipinski definition) is 1. The van der Waals surface area contributed by atoms with Gasteiger partial charge >= 0.3 is 5.97 Å². The van der Waals surface area contributed by atoms with Gasteiger partial charge in [-0.15, -0.1) is 0 Å². The number of rotatable bonds is 16. The van der Waals surface area contributed by atoms with E-state index in [0.717, 1.165) is 31.6 Å². The molecule has 0 aromatic heterocycles. The SMILES string of the molecule is CCCCCCC[C@H](O)C[C@@H]1OC(=O)[C@H]1CCCCCCCC(C)C. The van der Waals surface area contributed by atoms with Crippen molar-refractivity contribution in [2.75, 3.05) is 0 Å². The Morgan fingerprint density at radius 3 is 2.16 bits per heavy atom. The second kappa shape index (κ2) is 13.6. The summed E-state index contributed by atoms with van der Waals surface area (Å²) < 4.78 is 5.29. The number of aliphatic hydroxyl groups is 1. The number of carbonyl (C=O) groups is 1. The summed E-state index contributed by atoms with van der Waals surface area (Å²) in [7, 11) is 0. The zero-order valence-corrected chi connectivity index (χ0v) is 17.0. The van der Waals surface area contributed by atoms with Crippen LogP contribution in [-0.2, 0) is 9.53 Å². The zero-order chi connectivity index (χ0) is 18.5. The molecule has 0 saturated carbocycles. The molecule has 0 spiro atoms. The van der Waals surface area contributed by atoms with Crippen LogP contribution >= 0.6 is 0 Å². The van der Waals surface area contributed by atoms with E-state index in [1.54, 1.807) is 0 Å². The van der Waals surface area contributed by atoms with Crippen molar-refractivity contribution in [1.82, 2.24) is 0 Å². The third-order valence-electron chi connectivity index (χ3n) is 5.46. The monoisotopic (exact) mass is 354 g/mol. The zero-order valence-electron chi connectivity index (χ0n) is 17.0. The van der Waals surface area contributed by atoms with Gasteiger partial charge in [-0.1, -0.05) is 91.4 Å². The Morgan fingerprint density at radius 2 is 1.52 bits per heavy atom. The Labute approximate surface area is 155 Å². The van der Waals surface area contributed by atoms with Crippen molar-refractivity contribution in [3.63, 3.8) is 0 Å². The lowest BCUT2D eigenvalue weighted by atomic mass is 9.86. The fraction of sp³-hybridized carbons (Fsp3) is 0.955. The molecule has 1 heterocycles. The molecule has 1 rings (SSSR count). The number of aliphatic hydroxyl groups excluding tert-OH is 1. The first-order valence-electron chi connectivity index (χ1n) is 10.9. The number of hydrogen-bond acceptors (Lipinski definition) is 3. The molecule has 0 aromatic carbocycles. The summed E-state index contributed by atoms with van der Waals surface area (Å²) >= 11 is 0. The van der Waals surface area contributed by atoms with Crippen LogP contribution in [0.25, 0.3) is 0 Å². The number of esters is 1. The number of cyclic esters (lactones) is 1. The molecule has 0 aliphatic carbocycles. The van der Waals surface area contributed by atoms with Crippen LogP contribution in [0.4, 0.5) is 0 Å². The second-order valence-corrected chi connectivity index (χ2v) is 8.41. The molecule has 3 heteroatoms. The van der Waals surface area contributed by atoms with Crippen molar-refractivity contribution < 1.29 is 14.6 Å². The maximum Gasteiger partial charge on any atom is 0.313 e. The van der Waals surface area contributed by atoms with E-state index in [4.69, 9.17) is 4.74 Å². The molecule has 1 aliphatic heterocycles. The van der Waals surface area contributed by atoms with Gasteiger partial charge in [-0.05, 0) is 18.8 Å². The Hall–Kier alpha value is -0.570. The molecule has 3 atom stereocenters. The average molecular weight is 355 g/mol. The second-order valence-electron chi connectivity index (χ2n) is 8.41. The van der Waals surface area contributed by atoms with Gasteiger partial charge in [0.1, 0.15) is 6.10 Å². The Bertz CT molecular complexity index is 340. The van der Waals surface area contributed by atoms with E-state index >= 15 is 0 Å². The largest absolute Gasteiger partial charge is 0.461 e. The molecule has 0 aromatic rings. The molecule has 0 radical (unpaired) electrons. The lowest BCUT2D eigenvalue weighted by Gasteiger charge is -2.36. The van der Waals surface area contributed by atoms with Crippen LogP contribution in [0.5, 0.6) is 0 Å². The Morgan fingerprint density at radius 1 is 0.920 bits per heavy atom. The first-order valence-corrected chi connectivity index (χ1v) is 10.9. The van der Waals surface area contributed by atoms with Crippen molar-refractivity contribution in [3.05, 3.63) is 0 Å². The van der Waals surface area contributed by atoms with E-state index in [-0.39, 0.29) is 24.1 Å². The maximum atomic E-state index is 11.7.